The molecule has 0 saturated carbocycles. The number of carbonyl (C=O) groups excluding carboxylic acids is 1. The molecule has 0 aliphatic rings. The number of amides is 1. The van der Waals surface area contributed by atoms with Crippen LogP contribution in [0.3, 0.4) is 0 Å². The quantitative estimate of drug-likeness (QED) is 0.577. The van der Waals surface area contributed by atoms with Crippen LogP contribution in [0.1, 0.15) is 17.3 Å². The second-order valence-corrected chi connectivity index (χ2v) is 5.74. The molecule has 7 nitrogen and oxygen atoms in total. The molecule has 4 N–H and O–H groups in total. The van der Waals surface area contributed by atoms with E-state index in [1.807, 2.05) is 0 Å². The van der Waals surface area contributed by atoms with Gasteiger partial charge in [-0.1, -0.05) is 6.92 Å². The zero-order chi connectivity index (χ0) is 14.5. The van der Waals surface area contributed by atoms with Crippen LogP contribution in [0.15, 0.2) is 18.2 Å². The highest BCUT2D eigenvalue weighted by molar-refractivity contribution is 7.89. The SMILES string of the molecule is CCNS(=O)(=O)CCNC(=O)c1cc(O)cc(O)c1. The minimum absolute atomic E-state index is 0.0540. The number of phenolic OH excluding ortho intramolecular Hbond substituents is 2. The molecule has 0 fully saturated rings. The average molecular weight is 288 g/mol. The molecule has 8 heteroatoms. The van der Waals surface area contributed by atoms with Gasteiger partial charge in [0, 0.05) is 24.7 Å². The molecule has 0 heterocycles. The van der Waals surface area contributed by atoms with Crippen LogP contribution in [0.4, 0.5) is 0 Å². The van der Waals surface area contributed by atoms with Gasteiger partial charge in [0.25, 0.3) is 5.91 Å². The lowest BCUT2D eigenvalue weighted by molar-refractivity contribution is 0.0955. The maximum Gasteiger partial charge on any atom is 0.251 e. The summed E-state index contributed by atoms with van der Waals surface area (Å²) >= 11 is 0. The Hall–Kier alpha value is -1.80. The minimum atomic E-state index is -3.39. The number of rotatable bonds is 6. The molecular weight excluding hydrogens is 272 g/mol. The molecular formula is C11H16N2O5S. The van der Waals surface area contributed by atoms with E-state index < -0.39 is 15.9 Å². The van der Waals surface area contributed by atoms with Gasteiger partial charge in [0.1, 0.15) is 11.5 Å². The zero-order valence-corrected chi connectivity index (χ0v) is 11.2. The molecule has 19 heavy (non-hydrogen) atoms. The van der Waals surface area contributed by atoms with Crippen LogP contribution in [0.2, 0.25) is 0 Å². The highest BCUT2D eigenvalue weighted by Crippen LogP contribution is 2.20. The summed E-state index contributed by atoms with van der Waals surface area (Å²) in [6, 6.07) is 3.44. The highest BCUT2D eigenvalue weighted by Gasteiger charge is 2.11. The van der Waals surface area contributed by atoms with Gasteiger partial charge < -0.3 is 15.5 Å². The van der Waals surface area contributed by atoms with Crippen molar-refractivity contribution < 1.29 is 23.4 Å². The first-order chi connectivity index (χ1) is 8.84. The fourth-order valence-electron chi connectivity index (χ4n) is 1.42. The first-order valence-electron chi connectivity index (χ1n) is 5.62. The highest BCUT2D eigenvalue weighted by atomic mass is 32.2. The third-order valence-corrected chi connectivity index (χ3v) is 3.66. The van der Waals surface area contributed by atoms with E-state index >= 15 is 0 Å². The molecule has 1 aromatic carbocycles. The number of benzene rings is 1. The van der Waals surface area contributed by atoms with Crippen molar-refractivity contribution in [2.75, 3.05) is 18.8 Å². The molecule has 0 unspecified atom stereocenters. The molecule has 0 aliphatic heterocycles. The summed E-state index contributed by atoms with van der Waals surface area (Å²) in [5.74, 6) is -1.30. The molecule has 0 bridgehead atoms. The summed E-state index contributed by atoms with van der Waals surface area (Å²) in [6.45, 7) is 1.88. The Morgan fingerprint density at radius 3 is 2.32 bits per heavy atom. The second-order valence-electron chi connectivity index (χ2n) is 3.81. The molecule has 1 amide bonds. The van der Waals surface area contributed by atoms with Crippen molar-refractivity contribution in [1.29, 1.82) is 0 Å². The number of hydrogen-bond donors (Lipinski definition) is 4. The van der Waals surface area contributed by atoms with Gasteiger partial charge in [0.2, 0.25) is 10.0 Å². The Balaban J connectivity index is 2.57. The topological polar surface area (TPSA) is 116 Å². The Morgan fingerprint density at radius 2 is 1.79 bits per heavy atom. The maximum atomic E-state index is 11.6. The molecule has 0 spiro atoms. The van der Waals surface area contributed by atoms with Crippen molar-refractivity contribution in [2.45, 2.75) is 6.92 Å². The largest absolute Gasteiger partial charge is 0.508 e. The number of carbonyl (C=O) groups is 1. The number of phenols is 2. The van der Waals surface area contributed by atoms with Crippen molar-refractivity contribution in [3.05, 3.63) is 23.8 Å². The van der Waals surface area contributed by atoms with Crippen molar-refractivity contribution >= 4 is 15.9 Å². The Morgan fingerprint density at radius 1 is 1.21 bits per heavy atom. The van der Waals surface area contributed by atoms with Gasteiger partial charge in [0.15, 0.2) is 0 Å². The smallest absolute Gasteiger partial charge is 0.251 e. The summed E-state index contributed by atoms with van der Waals surface area (Å²) in [5, 5.41) is 20.8. The van der Waals surface area contributed by atoms with Crippen LogP contribution in [-0.2, 0) is 10.0 Å². The third-order valence-electron chi connectivity index (χ3n) is 2.19. The molecule has 0 saturated heterocycles. The average Bonchev–Trinajstić information content (AvgIpc) is 2.27. The van der Waals surface area contributed by atoms with Crippen LogP contribution >= 0.6 is 0 Å². The standard InChI is InChI=1S/C11H16N2O5S/c1-2-13-19(17,18)4-3-12-11(16)8-5-9(14)7-10(15)6-8/h5-7,13-15H,2-4H2,1H3,(H,12,16). The molecule has 1 rings (SSSR count). The maximum absolute atomic E-state index is 11.6. The summed E-state index contributed by atoms with van der Waals surface area (Å²) < 4.78 is 24.9. The number of sulfonamides is 1. The van der Waals surface area contributed by atoms with Crippen molar-refractivity contribution in [3.63, 3.8) is 0 Å². The predicted molar refractivity (Wildman–Crippen MR) is 69.6 cm³/mol. The molecule has 0 atom stereocenters. The first kappa shape index (κ1) is 15.3. The number of nitrogens with one attached hydrogen (secondary N) is 2. The van der Waals surface area contributed by atoms with Crippen molar-refractivity contribution in [3.8, 4) is 11.5 Å². The van der Waals surface area contributed by atoms with Crippen molar-refractivity contribution in [1.82, 2.24) is 10.0 Å². The van der Waals surface area contributed by atoms with Gasteiger partial charge in [-0.25, -0.2) is 13.1 Å². The summed E-state index contributed by atoms with van der Waals surface area (Å²) in [6.07, 6.45) is 0. The van der Waals surface area contributed by atoms with Crippen molar-refractivity contribution in [2.24, 2.45) is 0 Å². The van der Waals surface area contributed by atoms with Crippen LogP contribution in [-0.4, -0.2) is 43.4 Å². The van der Waals surface area contributed by atoms with E-state index in [9.17, 15) is 23.4 Å². The van der Waals surface area contributed by atoms with Gasteiger partial charge in [-0.2, -0.15) is 0 Å². The molecule has 106 valence electrons. The normalized spacial score (nSPS) is 11.2. The van der Waals surface area contributed by atoms with Gasteiger partial charge in [-0.05, 0) is 12.1 Å². The number of aromatic hydroxyl groups is 2. The summed E-state index contributed by atoms with van der Waals surface area (Å²) in [5.41, 5.74) is 0.0540. The van der Waals surface area contributed by atoms with E-state index in [0.29, 0.717) is 0 Å². The summed E-state index contributed by atoms with van der Waals surface area (Å²) in [4.78, 5) is 11.6. The van der Waals surface area contributed by atoms with Crippen LogP contribution in [0.5, 0.6) is 11.5 Å². The lowest BCUT2D eigenvalue weighted by Gasteiger charge is -2.07. The second kappa shape index (κ2) is 6.39. The van der Waals surface area contributed by atoms with Crippen LogP contribution < -0.4 is 10.0 Å². The molecule has 1 aromatic rings. The fourth-order valence-corrected chi connectivity index (χ4v) is 2.37. The molecule has 0 aliphatic carbocycles. The Kier molecular flexibility index (Phi) is 5.13. The van der Waals surface area contributed by atoms with Gasteiger partial charge in [-0.3, -0.25) is 4.79 Å². The van der Waals surface area contributed by atoms with E-state index in [4.69, 9.17) is 0 Å². The van der Waals surface area contributed by atoms with Gasteiger partial charge >= 0.3 is 0 Å². The zero-order valence-electron chi connectivity index (χ0n) is 10.4. The minimum Gasteiger partial charge on any atom is -0.508 e. The van der Waals surface area contributed by atoms with E-state index in [1.54, 1.807) is 6.92 Å². The lowest BCUT2D eigenvalue weighted by Crippen LogP contribution is -2.34. The van der Waals surface area contributed by atoms with E-state index in [2.05, 4.69) is 10.0 Å². The van der Waals surface area contributed by atoms with E-state index in [-0.39, 0.29) is 35.9 Å². The van der Waals surface area contributed by atoms with Crippen LogP contribution in [0, 0.1) is 0 Å². The lowest BCUT2D eigenvalue weighted by atomic mass is 10.2. The van der Waals surface area contributed by atoms with E-state index in [0.717, 1.165) is 6.07 Å². The van der Waals surface area contributed by atoms with Gasteiger partial charge in [-0.15, -0.1) is 0 Å². The van der Waals surface area contributed by atoms with E-state index in [1.165, 1.54) is 12.1 Å². The third kappa shape index (κ3) is 5.14. The molecule has 0 radical (unpaired) electrons. The number of hydrogen-bond acceptors (Lipinski definition) is 5. The Bertz CT molecular complexity index is 536. The predicted octanol–water partition coefficient (Wildman–Crippen LogP) is -0.233. The van der Waals surface area contributed by atoms with Crippen LogP contribution in [0.25, 0.3) is 0 Å². The Labute approximate surface area is 111 Å². The fraction of sp³-hybridized carbons (Fsp3) is 0.364. The van der Waals surface area contributed by atoms with Gasteiger partial charge in [0.05, 0.1) is 5.75 Å². The summed E-state index contributed by atoms with van der Waals surface area (Å²) in [7, 11) is -3.39. The first-order valence-corrected chi connectivity index (χ1v) is 7.28. The monoisotopic (exact) mass is 288 g/mol. The molecule has 0 aromatic heterocycles.